The lowest BCUT2D eigenvalue weighted by molar-refractivity contribution is 0.0963. The number of nitrogens with zero attached hydrogens (tertiary/aromatic N) is 2. The van der Waals surface area contributed by atoms with Crippen LogP contribution in [-0.4, -0.2) is 49.7 Å². The summed E-state index contributed by atoms with van der Waals surface area (Å²) in [7, 11) is 1.68. The lowest BCUT2D eigenvalue weighted by atomic mass is 10.1. The van der Waals surface area contributed by atoms with E-state index in [-0.39, 0.29) is 18.0 Å². The summed E-state index contributed by atoms with van der Waals surface area (Å²) in [5, 5.41) is 6.45. The molecule has 6 nitrogen and oxygen atoms in total. The van der Waals surface area contributed by atoms with Gasteiger partial charge in [0.1, 0.15) is 5.82 Å². The van der Waals surface area contributed by atoms with E-state index in [4.69, 9.17) is 4.74 Å². The molecule has 0 spiro atoms. The summed E-state index contributed by atoms with van der Waals surface area (Å²) in [5.41, 5.74) is 0.572. The van der Waals surface area contributed by atoms with E-state index >= 15 is 0 Å². The number of likely N-dealkylation sites (tertiary alicyclic amines) is 1. The minimum Gasteiger partial charge on any atom is -0.450 e. The van der Waals surface area contributed by atoms with Crippen LogP contribution >= 0.6 is 15.9 Å². The zero-order valence-corrected chi connectivity index (χ0v) is 16.1. The predicted molar refractivity (Wildman–Crippen MR) is 99.1 cm³/mol. The van der Waals surface area contributed by atoms with Gasteiger partial charge in [-0.15, -0.1) is 0 Å². The minimum atomic E-state index is -0.264. The molecule has 2 N–H and O–H groups in total. The summed E-state index contributed by atoms with van der Waals surface area (Å²) in [6.45, 7) is 3.83. The van der Waals surface area contributed by atoms with Gasteiger partial charge in [-0.25, -0.2) is 9.18 Å². The van der Waals surface area contributed by atoms with E-state index in [9.17, 15) is 9.18 Å². The van der Waals surface area contributed by atoms with Gasteiger partial charge in [0.15, 0.2) is 5.96 Å². The topological polar surface area (TPSA) is 66.0 Å². The van der Waals surface area contributed by atoms with E-state index in [2.05, 4.69) is 31.6 Å². The summed E-state index contributed by atoms with van der Waals surface area (Å²) in [4.78, 5) is 17.6. The smallest absolute Gasteiger partial charge is 0.409 e. The van der Waals surface area contributed by atoms with Crippen LogP contribution in [0.4, 0.5) is 9.18 Å². The van der Waals surface area contributed by atoms with Crippen molar-refractivity contribution >= 4 is 28.0 Å². The lowest BCUT2D eigenvalue weighted by Crippen LogP contribution is -2.49. The van der Waals surface area contributed by atoms with Crippen LogP contribution < -0.4 is 10.6 Å². The van der Waals surface area contributed by atoms with Crippen molar-refractivity contribution in [2.75, 3.05) is 26.7 Å². The zero-order chi connectivity index (χ0) is 18.2. The number of guanidine groups is 1. The fourth-order valence-electron chi connectivity index (χ4n) is 2.65. The highest BCUT2D eigenvalue weighted by Gasteiger charge is 2.24. The molecule has 0 radical (unpaired) electrons. The SMILES string of the molecule is CCOC(=O)N1CCC(NC(=NC)NCc2ccc(Br)cc2F)CC1. The molecule has 0 saturated carbocycles. The largest absolute Gasteiger partial charge is 0.450 e. The molecule has 1 aromatic carbocycles. The fraction of sp³-hybridized carbons (Fsp3) is 0.529. The van der Waals surface area contributed by atoms with Crippen LogP contribution in [0.3, 0.4) is 0 Å². The first kappa shape index (κ1) is 19.5. The van der Waals surface area contributed by atoms with Gasteiger partial charge >= 0.3 is 6.09 Å². The Morgan fingerprint density at radius 1 is 1.44 bits per heavy atom. The molecule has 0 bridgehead atoms. The van der Waals surface area contributed by atoms with E-state index in [1.807, 2.05) is 0 Å². The van der Waals surface area contributed by atoms with Crippen molar-refractivity contribution in [1.82, 2.24) is 15.5 Å². The first-order valence-corrected chi connectivity index (χ1v) is 9.15. The summed E-state index contributed by atoms with van der Waals surface area (Å²) >= 11 is 3.25. The number of nitrogens with one attached hydrogen (secondary N) is 2. The molecule has 0 aliphatic carbocycles. The third-order valence-electron chi connectivity index (χ3n) is 4.05. The normalized spacial score (nSPS) is 15.8. The van der Waals surface area contributed by atoms with Gasteiger partial charge in [0.05, 0.1) is 6.61 Å². The standard InChI is InChI=1S/C17H24BrFN4O2/c1-3-25-17(24)23-8-6-14(7-9-23)22-16(20-2)21-11-12-4-5-13(18)10-15(12)19/h4-5,10,14H,3,6-9,11H2,1-2H3,(H2,20,21,22). The second-order valence-corrected chi connectivity index (χ2v) is 6.68. The molecule has 1 heterocycles. The van der Waals surface area contributed by atoms with Gasteiger partial charge in [-0.3, -0.25) is 4.99 Å². The van der Waals surface area contributed by atoms with Gasteiger partial charge in [-0.1, -0.05) is 22.0 Å². The number of hydrogen-bond acceptors (Lipinski definition) is 3. The predicted octanol–water partition coefficient (Wildman–Crippen LogP) is 2.87. The van der Waals surface area contributed by atoms with Crippen LogP contribution in [0, 0.1) is 5.82 Å². The van der Waals surface area contributed by atoms with E-state index in [1.54, 1.807) is 31.0 Å². The number of ether oxygens (including phenoxy) is 1. The highest BCUT2D eigenvalue weighted by atomic mass is 79.9. The molecule has 1 fully saturated rings. The van der Waals surface area contributed by atoms with E-state index in [1.165, 1.54) is 6.07 Å². The van der Waals surface area contributed by atoms with Crippen LogP contribution in [0.1, 0.15) is 25.3 Å². The van der Waals surface area contributed by atoms with Crippen LogP contribution in [0.2, 0.25) is 0 Å². The van der Waals surface area contributed by atoms with Crippen molar-refractivity contribution in [3.8, 4) is 0 Å². The van der Waals surface area contributed by atoms with Crippen LogP contribution in [0.5, 0.6) is 0 Å². The Morgan fingerprint density at radius 2 is 2.16 bits per heavy atom. The maximum atomic E-state index is 13.9. The van der Waals surface area contributed by atoms with Crippen LogP contribution in [0.15, 0.2) is 27.7 Å². The highest BCUT2D eigenvalue weighted by Crippen LogP contribution is 2.15. The molecule has 0 atom stereocenters. The molecule has 1 aliphatic heterocycles. The van der Waals surface area contributed by atoms with Crippen molar-refractivity contribution < 1.29 is 13.9 Å². The quantitative estimate of drug-likeness (QED) is 0.587. The number of halogens is 2. The van der Waals surface area contributed by atoms with Gasteiger partial charge in [-0.05, 0) is 31.9 Å². The van der Waals surface area contributed by atoms with Gasteiger partial charge in [0.25, 0.3) is 0 Å². The van der Waals surface area contributed by atoms with Gasteiger partial charge < -0.3 is 20.3 Å². The second kappa shape index (κ2) is 9.60. The molecule has 25 heavy (non-hydrogen) atoms. The third-order valence-corrected chi connectivity index (χ3v) is 4.54. The van der Waals surface area contributed by atoms with Crippen molar-refractivity contribution in [1.29, 1.82) is 0 Å². The minimum absolute atomic E-state index is 0.214. The van der Waals surface area contributed by atoms with E-state index in [0.29, 0.717) is 42.2 Å². The van der Waals surface area contributed by atoms with E-state index < -0.39 is 0 Å². The molecule has 8 heteroatoms. The van der Waals surface area contributed by atoms with Gasteiger partial charge in [-0.2, -0.15) is 0 Å². The Balaban J connectivity index is 1.80. The maximum Gasteiger partial charge on any atom is 0.409 e. The lowest BCUT2D eigenvalue weighted by Gasteiger charge is -2.32. The number of carbonyl (C=O) groups excluding carboxylic acids is 1. The Hall–Kier alpha value is -1.83. The van der Waals surface area contributed by atoms with Crippen molar-refractivity contribution in [2.45, 2.75) is 32.4 Å². The Labute approximate surface area is 156 Å². The Bertz CT molecular complexity index is 619. The number of aliphatic imine (C=N–C) groups is 1. The summed E-state index contributed by atoms with van der Waals surface area (Å²) in [6.07, 6.45) is 1.37. The summed E-state index contributed by atoms with van der Waals surface area (Å²) in [6, 6.07) is 5.20. The second-order valence-electron chi connectivity index (χ2n) is 5.77. The Kier molecular flexibility index (Phi) is 7.49. The van der Waals surface area contributed by atoms with Gasteiger partial charge in [0.2, 0.25) is 0 Å². The number of carbonyl (C=O) groups is 1. The van der Waals surface area contributed by atoms with Gasteiger partial charge in [0, 0.05) is 42.8 Å². The fourth-order valence-corrected chi connectivity index (χ4v) is 2.99. The molecule has 0 aromatic heterocycles. The third kappa shape index (κ3) is 5.88. The number of hydrogen-bond donors (Lipinski definition) is 2. The molecule has 138 valence electrons. The summed E-state index contributed by atoms with van der Waals surface area (Å²) < 4.78 is 19.6. The summed E-state index contributed by atoms with van der Waals surface area (Å²) in [5.74, 6) is 0.358. The highest BCUT2D eigenvalue weighted by molar-refractivity contribution is 9.10. The van der Waals surface area contributed by atoms with Crippen molar-refractivity contribution in [2.24, 2.45) is 4.99 Å². The maximum absolute atomic E-state index is 13.9. The first-order valence-electron chi connectivity index (χ1n) is 8.36. The number of benzene rings is 1. The average molecular weight is 415 g/mol. The Morgan fingerprint density at radius 3 is 2.76 bits per heavy atom. The van der Waals surface area contributed by atoms with Crippen LogP contribution in [-0.2, 0) is 11.3 Å². The van der Waals surface area contributed by atoms with Crippen molar-refractivity contribution in [3.63, 3.8) is 0 Å². The average Bonchev–Trinajstić information content (AvgIpc) is 2.60. The molecule has 2 rings (SSSR count). The monoisotopic (exact) mass is 414 g/mol. The zero-order valence-electron chi connectivity index (χ0n) is 14.5. The van der Waals surface area contributed by atoms with Crippen LogP contribution in [0.25, 0.3) is 0 Å². The number of piperidine rings is 1. The van der Waals surface area contributed by atoms with E-state index in [0.717, 1.165) is 12.8 Å². The first-order chi connectivity index (χ1) is 12.0. The molecule has 1 aliphatic rings. The molecule has 1 saturated heterocycles. The molecule has 0 unspecified atom stereocenters. The number of rotatable bonds is 4. The molecule has 1 aromatic rings. The molecular formula is C17H24BrFN4O2. The van der Waals surface area contributed by atoms with Crippen molar-refractivity contribution in [3.05, 3.63) is 34.1 Å². The molecule has 1 amide bonds. The molecular weight excluding hydrogens is 391 g/mol. The number of amides is 1.